The molecule has 7 nitrogen and oxygen atoms in total. The molecule has 2 aromatic carbocycles. The van der Waals surface area contributed by atoms with Crippen LogP contribution in [0.15, 0.2) is 36.4 Å². The van der Waals surface area contributed by atoms with Crippen LogP contribution in [0.3, 0.4) is 0 Å². The van der Waals surface area contributed by atoms with Crippen LogP contribution in [0.25, 0.3) is 0 Å². The lowest BCUT2D eigenvalue weighted by Gasteiger charge is -2.18. The Labute approximate surface area is 166 Å². The summed E-state index contributed by atoms with van der Waals surface area (Å²) in [7, 11) is 1.38. The van der Waals surface area contributed by atoms with Crippen molar-refractivity contribution >= 4 is 40.5 Å². The maximum absolute atomic E-state index is 12.5. The molecule has 0 fully saturated rings. The molecule has 0 aliphatic carbocycles. The number of nitro groups is 1. The molecular formula is C18H20Cl2N3O4+. The Bertz CT molecular complexity index is 860. The van der Waals surface area contributed by atoms with Gasteiger partial charge >= 0.3 is 0 Å². The Morgan fingerprint density at radius 1 is 1.22 bits per heavy atom. The van der Waals surface area contributed by atoms with Crippen molar-refractivity contribution in [2.75, 3.05) is 12.4 Å². The number of hydrogen-bond acceptors (Lipinski definition) is 4. The van der Waals surface area contributed by atoms with Gasteiger partial charge in [0.05, 0.1) is 28.8 Å². The molecule has 0 aliphatic rings. The van der Waals surface area contributed by atoms with Crippen LogP contribution in [0, 0.1) is 10.1 Å². The molecule has 0 saturated heterocycles. The molecule has 0 saturated carbocycles. The van der Waals surface area contributed by atoms with Crippen LogP contribution >= 0.6 is 23.2 Å². The summed E-state index contributed by atoms with van der Waals surface area (Å²) in [6, 6.07) is 8.75. The zero-order chi connectivity index (χ0) is 20.1. The topological polar surface area (TPSA) is 98.1 Å². The molecule has 2 rings (SSSR count). The summed E-state index contributed by atoms with van der Waals surface area (Å²) in [5.74, 6) is -0.0439. The highest BCUT2D eigenvalue weighted by molar-refractivity contribution is 6.35. The molecule has 3 N–H and O–H groups in total. The molecule has 0 heterocycles. The van der Waals surface area contributed by atoms with Crippen molar-refractivity contribution in [3.8, 4) is 5.75 Å². The normalized spacial score (nSPS) is 12.9. The quantitative estimate of drug-likeness (QED) is 0.536. The average Bonchev–Trinajstić information content (AvgIpc) is 2.61. The molecular weight excluding hydrogens is 393 g/mol. The summed E-state index contributed by atoms with van der Waals surface area (Å²) < 4.78 is 5.13. The van der Waals surface area contributed by atoms with Crippen LogP contribution in [-0.2, 0) is 4.79 Å². The third-order valence-corrected chi connectivity index (χ3v) is 4.66. The number of anilines is 1. The van der Waals surface area contributed by atoms with Gasteiger partial charge in [-0.15, -0.1) is 0 Å². The van der Waals surface area contributed by atoms with Gasteiger partial charge in [0.15, 0.2) is 6.04 Å². The van der Waals surface area contributed by atoms with E-state index in [4.69, 9.17) is 27.9 Å². The second-order valence-corrected chi connectivity index (χ2v) is 6.91. The molecule has 144 valence electrons. The number of non-ortho nitro benzene ring substituents is 1. The number of ether oxygens (including phenoxy) is 1. The number of rotatable bonds is 7. The molecule has 2 aromatic rings. The van der Waals surface area contributed by atoms with E-state index in [1.165, 1.54) is 25.3 Å². The number of carbonyl (C=O) groups is 1. The first kappa shape index (κ1) is 21.0. The number of methoxy groups -OCH3 is 1. The van der Waals surface area contributed by atoms with Gasteiger partial charge in [0, 0.05) is 16.7 Å². The molecule has 0 unspecified atom stereocenters. The molecule has 0 spiro atoms. The van der Waals surface area contributed by atoms with Gasteiger partial charge in [0.2, 0.25) is 0 Å². The van der Waals surface area contributed by atoms with Gasteiger partial charge in [-0.1, -0.05) is 29.3 Å². The number of carbonyl (C=O) groups excluding carboxylic acids is 1. The third-order valence-electron chi connectivity index (χ3n) is 4.10. The SMILES string of the molecule is COc1cc([N+](=O)[O-])ccc1NC(=O)[C@@H](C)[NH2+][C@@H](C)c1ccc(Cl)cc1Cl. The second-order valence-electron chi connectivity index (χ2n) is 6.07. The van der Waals surface area contributed by atoms with Crippen LogP contribution < -0.4 is 15.4 Å². The van der Waals surface area contributed by atoms with Crippen LogP contribution in [-0.4, -0.2) is 24.0 Å². The van der Waals surface area contributed by atoms with Crippen molar-refractivity contribution in [1.29, 1.82) is 0 Å². The molecule has 2 atom stereocenters. The first-order valence-corrected chi connectivity index (χ1v) is 8.91. The fourth-order valence-electron chi connectivity index (χ4n) is 2.64. The van der Waals surface area contributed by atoms with Crippen LogP contribution in [0.4, 0.5) is 11.4 Å². The van der Waals surface area contributed by atoms with Crippen molar-refractivity contribution in [2.45, 2.75) is 25.9 Å². The Hall–Kier alpha value is -2.35. The number of halogens is 2. The fourth-order valence-corrected chi connectivity index (χ4v) is 3.22. The van der Waals surface area contributed by atoms with E-state index >= 15 is 0 Å². The van der Waals surface area contributed by atoms with Gasteiger partial charge in [0.1, 0.15) is 11.8 Å². The highest BCUT2D eigenvalue weighted by Crippen LogP contribution is 2.29. The molecule has 27 heavy (non-hydrogen) atoms. The van der Waals surface area contributed by atoms with Gasteiger partial charge < -0.3 is 15.4 Å². The van der Waals surface area contributed by atoms with Gasteiger partial charge in [-0.3, -0.25) is 14.9 Å². The van der Waals surface area contributed by atoms with Crippen molar-refractivity contribution < 1.29 is 19.8 Å². The van der Waals surface area contributed by atoms with Crippen molar-refractivity contribution in [2.24, 2.45) is 0 Å². The highest BCUT2D eigenvalue weighted by atomic mass is 35.5. The first-order chi connectivity index (χ1) is 12.7. The minimum absolute atomic E-state index is 0.0747. The molecule has 0 aliphatic heterocycles. The third kappa shape index (κ3) is 5.32. The summed E-state index contributed by atoms with van der Waals surface area (Å²) in [5, 5.41) is 16.5. The van der Waals surface area contributed by atoms with Gasteiger partial charge in [-0.25, -0.2) is 0 Å². The van der Waals surface area contributed by atoms with E-state index in [9.17, 15) is 14.9 Å². The number of nitrogens with one attached hydrogen (secondary N) is 1. The summed E-state index contributed by atoms with van der Waals surface area (Å²) in [5.41, 5.74) is 1.12. The van der Waals surface area contributed by atoms with Crippen LogP contribution in [0.5, 0.6) is 5.75 Å². The molecule has 9 heteroatoms. The Kier molecular flexibility index (Phi) is 7.01. The second kappa shape index (κ2) is 9.03. The Morgan fingerprint density at radius 3 is 2.52 bits per heavy atom. The fraction of sp³-hybridized carbons (Fsp3) is 0.278. The molecule has 0 aromatic heterocycles. The molecule has 0 bridgehead atoms. The van der Waals surface area contributed by atoms with Gasteiger partial charge in [-0.2, -0.15) is 0 Å². The minimum Gasteiger partial charge on any atom is -0.494 e. The smallest absolute Gasteiger partial charge is 0.282 e. The number of nitrogens with two attached hydrogens (primary N) is 1. The summed E-state index contributed by atoms with van der Waals surface area (Å²) in [6.45, 7) is 3.69. The van der Waals surface area contributed by atoms with E-state index in [0.717, 1.165) is 5.56 Å². The highest BCUT2D eigenvalue weighted by Gasteiger charge is 2.23. The van der Waals surface area contributed by atoms with E-state index in [0.29, 0.717) is 15.7 Å². The zero-order valence-corrected chi connectivity index (χ0v) is 16.5. The number of amides is 1. The largest absolute Gasteiger partial charge is 0.494 e. The lowest BCUT2D eigenvalue weighted by atomic mass is 10.1. The number of quaternary nitrogens is 1. The predicted octanol–water partition coefficient (Wildman–Crippen LogP) is 3.56. The Morgan fingerprint density at radius 2 is 1.93 bits per heavy atom. The maximum atomic E-state index is 12.5. The number of benzene rings is 2. The standard InChI is InChI=1S/C18H19Cl2N3O4/c1-10(14-6-4-12(19)8-15(14)20)21-11(2)18(24)22-16-7-5-13(23(25)26)9-17(16)27-3/h4-11,21H,1-3H3,(H,22,24)/p+1/t10-,11+/m0/s1. The van der Waals surface area contributed by atoms with E-state index < -0.39 is 11.0 Å². The van der Waals surface area contributed by atoms with Crippen molar-refractivity contribution in [1.82, 2.24) is 0 Å². The number of hydrogen-bond donors (Lipinski definition) is 2. The molecule has 0 radical (unpaired) electrons. The van der Waals surface area contributed by atoms with Crippen LogP contribution in [0.2, 0.25) is 10.0 Å². The first-order valence-electron chi connectivity index (χ1n) is 8.16. The van der Waals surface area contributed by atoms with Gasteiger partial charge in [-0.05, 0) is 32.0 Å². The summed E-state index contributed by atoms with van der Waals surface area (Å²) >= 11 is 12.1. The summed E-state index contributed by atoms with van der Waals surface area (Å²) in [6.07, 6.45) is 0. The van der Waals surface area contributed by atoms with E-state index in [-0.39, 0.29) is 23.4 Å². The van der Waals surface area contributed by atoms with E-state index in [1.54, 1.807) is 19.1 Å². The number of nitrogens with zero attached hydrogens (tertiary/aromatic N) is 1. The predicted molar refractivity (Wildman–Crippen MR) is 105 cm³/mol. The Balaban J connectivity index is 2.08. The van der Waals surface area contributed by atoms with E-state index in [1.807, 2.05) is 18.3 Å². The lowest BCUT2D eigenvalue weighted by Crippen LogP contribution is -2.91. The molecule has 1 amide bonds. The average molecular weight is 413 g/mol. The number of nitro benzene ring substituents is 1. The lowest BCUT2D eigenvalue weighted by molar-refractivity contribution is -0.709. The zero-order valence-electron chi connectivity index (χ0n) is 15.0. The maximum Gasteiger partial charge on any atom is 0.282 e. The minimum atomic E-state index is -0.526. The van der Waals surface area contributed by atoms with Crippen molar-refractivity contribution in [3.05, 3.63) is 62.1 Å². The summed E-state index contributed by atoms with van der Waals surface area (Å²) in [4.78, 5) is 22.8. The van der Waals surface area contributed by atoms with Crippen LogP contribution in [0.1, 0.15) is 25.5 Å². The van der Waals surface area contributed by atoms with Crippen molar-refractivity contribution in [3.63, 3.8) is 0 Å². The van der Waals surface area contributed by atoms with Gasteiger partial charge in [0.25, 0.3) is 11.6 Å². The monoisotopic (exact) mass is 412 g/mol. The van der Waals surface area contributed by atoms with E-state index in [2.05, 4.69) is 5.32 Å².